The summed E-state index contributed by atoms with van der Waals surface area (Å²) in [6, 6.07) is 6.32. The Balaban J connectivity index is 2.13. The van der Waals surface area contributed by atoms with Gasteiger partial charge in [0.2, 0.25) is 0 Å². The lowest BCUT2D eigenvalue weighted by Crippen LogP contribution is -2.35. The van der Waals surface area contributed by atoms with Gasteiger partial charge in [0.15, 0.2) is 0 Å². The minimum absolute atomic E-state index is 0.112. The van der Waals surface area contributed by atoms with Crippen LogP contribution in [0.3, 0.4) is 0 Å². The fourth-order valence-corrected chi connectivity index (χ4v) is 3.31. The van der Waals surface area contributed by atoms with Gasteiger partial charge < -0.3 is 9.30 Å². The van der Waals surface area contributed by atoms with Crippen LogP contribution in [0.5, 0.6) is 0 Å². The van der Waals surface area contributed by atoms with E-state index in [4.69, 9.17) is 4.74 Å². The Morgan fingerprint density at radius 2 is 2.00 bits per heavy atom. The summed E-state index contributed by atoms with van der Waals surface area (Å²) in [4.78, 5) is 4.14. The molecule has 2 aromatic rings. The topological polar surface area (TPSA) is 27.1 Å². The minimum atomic E-state index is -2.89. The van der Waals surface area contributed by atoms with Gasteiger partial charge >= 0.3 is 0 Å². The lowest BCUT2D eigenvalue weighted by molar-refractivity contribution is -0.113. The third kappa shape index (κ3) is 1.99. The first-order valence-electron chi connectivity index (χ1n) is 7.47. The highest BCUT2D eigenvalue weighted by molar-refractivity contribution is 5.43. The molecule has 0 saturated heterocycles. The highest BCUT2D eigenvalue weighted by Gasteiger charge is 2.60. The molecule has 0 unspecified atom stereocenters. The largest absolute Gasteiger partial charge is 0.375 e. The van der Waals surface area contributed by atoms with E-state index in [9.17, 15) is 8.78 Å². The number of ether oxygens (including phenoxy) is 1. The molecular formula is C17H20F2N2O. The molecule has 0 fully saturated rings. The van der Waals surface area contributed by atoms with Crippen LogP contribution in [0.1, 0.15) is 43.6 Å². The minimum Gasteiger partial charge on any atom is -0.375 e. The maximum absolute atomic E-state index is 14.9. The quantitative estimate of drug-likeness (QED) is 0.849. The normalized spacial score (nSPS) is 21.8. The zero-order chi connectivity index (χ0) is 16.0. The van der Waals surface area contributed by atoms with Gasteiger partial charge in [0.05, 0.1) is 36.3 Å². The van der Waals surface area contributed by atoms with Gasteiger partial charge in [-0.2, -0.15) is 0 Å². The van der Waals surface area contributed by atoms with Crippen molar-refractivity contribution in [2.75, 3.05) is 6.61 Å². The zero-order valence-corrected chi connectivity index (χ0v) is 13.0. The number of benzene rings is 1. The molecule has 5 heteroatoms. The number of fused-ring (bicyclic) bond motifs is 1. The average Bonchev–Trinajstić information content (AvgIpc) is 2.98. The summed E-state index contributed by atoms with van der Waals surface area (Å²) in [5.41, 5.74) is 0.347. The molecule has 0 spiro atoms. The van der Waals surface area contributed by atoms with Crippen LogP contribution in [0.2, 0.25) is 0 Å². The van der Waals surface area contributed by atoms with Crippen molar-refractivity contribution < 1.29 is 13.5 Å². The smallest absolute Gasteiger partial charge is 0.280 e. The number of hydrogen-bond acceptors (Lipinski definition) is 2. The first-order valence-corrected chi connectivity index (χ1v) is 7.47. The van der Waals surface area contributed by atoms with E-state index in [1.165, 1.54) is 6.07 Å². The molecule has 1 aromatic carbocycles. The number of imidazole rings is 1. The number of hydrogen-bond donors (Lipinski definition) is 0. The van der Waals surface area contributed by atoms with Crippen molar-refractivity contribution in [3.8, 4) is 0 Å². The van der Waals surface area contributed by atoms with Crippen molar-refractivity contribution in [2.24, 2.45) is 5.41 Å². The number of rotatable bonds is 4. The summed E-state index contributed by atoms with van der Waals surface area (Å²) in [5, 5.41) is 0. The van der Waals surface area contributed by atoms with E-state index >= 15 is 0 Å². The molecule has 0 saturated carbocycles. The summed E-state index contributed by atoms with van der Waals surface area (Å²) in [7, 11) is 0. The molecule has 1 aliphatic carbocycles. The Morgan fingerprint density at radius 3 is 2.73 bits per heavy atom. The number of halogens is 2. The van der Waals surface area contributed by atoms with E-state index in [-0.39, 0.29) is 5.56 Å². The average molecular weight is 306 g/mol. The second-order valence-corrected chi connectivity index (χ2v) is 6.22. The van der Waals surface area contributed by atoms with Crippen LogP contribution in [0.15, 0.2) is 36.8 Å². The van der Waals surface area contributed by atoms with Crippen LogP contribution in [0.25, 0.3) is 0 Å². The molecule has 0 aliphatic heterocycles. The van der Waals surface area contributed by atoms with Gasteiger partial charge in [-0.1, -0.05) is 38.1 Å². The van der Waals surface area contributed by atoms with E-state index in [0.29, 0.717) is 18.8 Å². The zero-order valence-electron chi connectivity index (χ0n) is 13.0. The molecule has 1 heterocycles. The highest BCUT2D eigenvalue weighted by Crippen LogP contribution is 2.60. The van der Waals surface area contributed by atoms with E-state index in [1.54, 1.807) is 38.5 Å². The Labute approximate surface area is 128 Å². The van der Waals surface area contributed by atoms with Gasteiger partial charge in [0.1, 0.15) is 0 Å². The summed E-state index contributed by atoms with van der Waals surface area (Å²) in [6.07, 6.45) is 3.31. The second kappa shape index (κ2) is 5.16. The summed E-state index contributed by atoms with van der Waals surface area (Å²) in [6.45, 7) is 6.08. The first kappa shape index (κ1) is 15.2. The molecule has 0 amide bonds. The molecule has 22 heavy (non-hydrogen) atoms. The van der Waals surface area contributed by atoms with Crippen LogP contribution in [0.4, 0.5) is 8.78 Å². The van der Waals surface area contributed by atoms with Crippen LogP contribution in [-0.2, 0) is 17.3 Å². The fourth-order valence-electron chi connectivity index (χ4n) is 3.31. The SMILES string of the molecule is CCOCc1cncn1[C@H]1c2ccccc2C(F)(F)C1(C)C. The monoisotopic (exact) mass is 306 g/mol. The Bertz CT molecular complexity index is 679. The van der Waals surface area contributed by atoms with Crippen molar-refractivity contribution in [3.05, 3.63) is 53.6 Å². The first-order chi connectivity index (χ1) is 10.4. The van der Waals surface area contributed by atoms with E-state index in [2.05, 4.69) is 4.98 Å². The van der Waals surface area contributed by atoms with Crippen LogP contribution < -0.4 is 0 Å². The maximum Gasteiger partial charge on any atom is 0.280 e. The summed E-state index contributed by atoms with van der Waals surface area (Å²) in [5.74, 6) is -2.89. The van der Waals surface area contributed by atoms with Gasteiger partial charge in [-0.25, -0.2) is 13.8 Å². The van der Waals surface area contributed by atoms with Crippen LogP contribution in [-0.4, -0.2) is 16.2 Å². The van der Waals surface area contributed by atoms with E-state index < -0.39 is 17.4 Å². The maximum atomic E-state index is 14.9. The predicted octanol–water partition coefficient (Wildman–Crippen LogP) is 4.14. The molecule has 1 aliphatic rings. The molecule has 3 rings (SSSR count). The van der Waals surface area contributed by atoms with Gasteiger partial charge in [-0.15, -0.1) is 0 Å². The predicted molar refractivity (Wildman–Crippen MR) is 79.8 cm³/mol. The molecule has 0 N–H and O–H groups in total. The fraction of sp³-hybridized carbons (Fsp3) is 0.471. The van der Waals surface area contributed by atoms with Gasteiger partial charge in [-0.3, -0.25) is 0 Å². The van der Waals surface area contributed by atoms with Gasteiger partial charge in [0, 0.05) is 12.2 Å². The van der Waals surface area contributed by atoms with Crippen molar-refractivity contribution in [1.29, 1.82) is 0 Å². The Morgan fingerprint density at radius 1 is 1.27 bits per heavy atom. The molecule has 0 radical (unpaired) electrons. The third-order valence-corrected chi connectivity index (χ3v) is 4.56. The third-order valence-electron chi connectivity index (χ3n) is 4.56. The Kier molecular flexibility index (Phi) is 3.56. The molecule has 1 aromatic heterocycles. The lowest BCUT2D eigenvalue weighted by atomic mass is 9.82. The van der Waals surface area contributed by atoms with Crippen molar-refractivity contribution in [2.45, 2.75) is 39.3 Å². The summed E-state index contributed by atoms with van der Waals surface area (Å²) >= 11 is 0. The van der Waals surface area contributed by atoms with E-state index in [1.807, 2.05) is 17.6 Å². The molecule has 118 valence electrons. The molecule has 0 bridgehead atoms. The summed E-state index contributed by atoms with van der Waals surface area (Å²) < 4.78 is 37.0. The second-order valence-electron chi connectivity index (χ2n) is 6.22. The standard InChI is InChI=1S/C17H20F2N2O/c1-4-22-10-12-9-20-11-21(12)15-13-7-5-6-8-14(13)17(18,19)16(15,2)3/h5-9,11,15H,4,10H2,1-3H3/t15-/m0/s1. The molecule has 1 atom stereocenters. The molecule has 3 nitrogen and oxygen atoms in total. The van der Waals surface area contributed by atoms with Gasteiger partial charge in [0.25, 0.3) is 5.92 Å². The number of aromatic nitrogens is 2. The van der Waals surface area contributed by atoms with Crippen LogP contribution >= 0.6 is 0 Å². The Hall–Kier alpha value is -1.75. The number of alkyl halides is 2. The highest BCUT2D eigenvalue weighted by atomic mass is 19.3. The lowest BCUT2D eigenvalue weighted by Gasteiger charge is -2.34. The molecular weight excluding hydrogens is 286 g/mol. The van der Waals surface area contributed by atoms with E-state index in [0.717, 1.165) is 5.69 Å². The van der Waals surface area contributed by atoms with Crippen molar-refractivity contribution in [3.63, 3.8) is 0 Å². The van der Waals surface area contributed by atoms with Gasteiger partial charge in [-0.05, 0) is 12.5 Å². The van der Waals surface area contributed by atoms with Crippen molar-refractivity contribution >= 4 is 0 Å². The van der Waals surface area contributed by atoms with Crippen LogP contribution in [0, 0.1) is 5.41 Å². The number of nitrogens with zero attached hydrogens (tertiary/aromatic N) is 2. The van der Waals surface area contributed by atoms with Crippen molar-refractivity contribution in [1.82, 2.24) is 9.55 Å².